The van der Waals surface area contributed by atoms with Gasteiger partial charge in [0.25, 0.3) is 5.91 Å². The molecule has 2 aromatic heterocycles. The number of rotatable bonds is 4. The molecule has 6 nitrogen and oxygen atoms in total. The summed E-state index contributed by atoms with van der Waals surface area (Å²) in [5, 5.41) is 17.1. The Balaban J connectivity index is 2.18. The summed E-state index contributed by atoms with van der Waals surface area (Å²) in [6.07, 6.45) is 0. The van der Waals surface area contributed by atoms with Crippen molar-refractivity contribution < 1.29 is 14.7 Å². The van der Waals surface area contributed by atoms with Crippen molar-refractivity contribution in [3.8, 4) is 0 Å². The van der Waals surface area contributed by atoms with Crippen molar-refractivity contribution >= 4 is 34.7 Å². The van der Waals surface area contributed by atoms with Gasteiger partial charge in [0, 0.05) is 4.88 Å². The lowest BCUT2D eigenvalue weighted by Gasteiger charge is -2.11. The zero-order valence-corrected chi connectivity index (χ0v) is 10.9. The van der Waals surface area contributed by atoms with Gasteiger partial charge in [-0.25, -0.2) is 4.79 Å². The van der Waals surface area contributed by atoms with Gasteiger partial charge < -0.3 is 10.4 Å². The predicted molar refractivity (Wildman–Crippen MR) is 66.8 cm³/mol. The Hall–Kier alpha value is -1.80. The maximum atomic E-state index is 11.9. The number of carbonyl (C=O) groups is 2. The Labute approximate surface area is 110 Å². The number of aryl methyl sites for hydroxylation is 1. The molecule has 8 heteroatoms. The summed E-state index contributed by atoms with van der Waals surface area (Å²) in [6, 6.07) is 2.36. The van der Waals surface area contributed by atoms with Crippen LogP contribution in [0.15, 0.2) is 17.5 Å². The van der Waals surface area contributed by atoms with Crippen LogP contribution in [-0.4, -0.2) is 26.6 Å². The van der Waals surface area contributed by atoms with Crippen molar-refractivity contribution in [3.63, 3.8) is 0 Å². The van der Waals surface area contributed by atoms with Crippen molar-refractivity contribution in [2.24, 2.45) is 0 Å². The number of aliphatic carboxylic acids is 1. The second kappa shape index (κ2) is 5.23. The van der Waals surface area contributed by atoms with Crippen LogP contribution in [-0.2, 0) is 4.79 Å². The fourth-order valence-corrected chi connectivity index (χ4v) is 2.67. The molecule has 0 saturated heterocycles. The van der Waals surface area contributed by atoms with Gasteiger partial charge in [-0.1, -0.05) is 10.6 Å². The average Bonchev–Trinajstić information content (AvgIpc) is 2.95. The first kappa shape index (κ1) is 12.7. The van der Waals surface area contributed by atoms with E-state index in [1.165, 1.54) is 11.3 Å². The van der Waals surface area contributed by atoms with Gasteiger partial charge in [0.15, 0.2) is 6.04 Å². The van der Waals surface area contributed by atoms with E-state index in [9.17, 15) is 9.59 Å². The van der Waals surface area contributed by atoms with Crippen LogP contribution >= 0.6 is 22.9 Å². The third-order valence-corrected chi connectivity index (χ3v) is 3.97. The molecule has 0 radical (unpaired) electrons. The SMILES string of the molecule is Cc1nnsc1C(=O)NC(C(=O)O)c1cccs1. The fraction of sp³-hybridized carbons (Fsp3) is 0.200. The smallest absolute Gasteiger partial charge is 0.331 e. The molecule has 0 aromatic carbocycles. The van der Waals surface area contributed by atoms with E-state index in [4.69, 9.17) is 5.11 Å². The number of carboxylic acid groups (broad SMARTS) is 1. The summed E-state index contributed by atoms with van der Waals surface area (Å²) in [4.78, 5) is 24.0. The number of thiophene rings is 1. The number of hydrogen-bond donors (Lipinski definition) is 2. The van der Waals surface area contributed by atoms with Gasteiger partial charge in [0.2, 0.25) is 0 Å². The molecule has 1 amide bonds. The number of carbonyl (C=O) groups excluding carboxylic acids is 1. The number of nitrogens with one attached hydrogen (secondary N) is 1. The van der Waals surface area contributed by atoms with Crippen LogP contribution in [0.3, 0.4) is 0 Å². The summed E-state index contributed by atoms with van der Waals surface area (Å²) < 4.78 is 3.64. The molecule has 0 fully saturated rings. The lowest BCUT2D eigenvalue weighted by atomic mass is 10.2. The molecule has 94 valence electrons. The standard InChI is InChI=1S/C10H9N3O3S2/c1-5-8(18-13-12-5)9(14)11-7(10(15)16)6-3-2-4-17-6/h2-4,7H,1H3,(H,11,14)(H,15,16). The number of nitrogens with zero attached hydrogens (tertiary/aromatic N) is 2. The van der Waals surface area contributed by atoms with E-state index in [0.29, 0.717) is 15.4 Å². The van der Waals surface area contributed by atoms with Gasteiger partial charge in [-0.3, -0.25) is 4.79 Å². The van der Waals surface area contributed by atoms with Crippen molar-refractivity contribution in [1.29, 1.82) is 0 Å². The summed E-state index contributed by atoms with van der Waals surface area (Å²) >= 11 is 2.23. The van der Waals surface area contributed by atoms with Crippen molar-refractivity contribution in [2.45, 2.75) is 13.0 Å². The van der Waals surface area contributed by atoms with Gasteiger partial charge in [0.05, 0.1) is 5.69 Å². The highest BCUT2D eigenvalue weighted by Crippen LogP contribution is 2.20. The highest BCUT2D eigenvalue weighted by molar-refractivity contribution is 7.10. The topological polar surface area (TPSA) is 92.2 Å². The molecule has 0 aliphatic heterocycles. The molecule has 1 unspecified atom stereocenters. The molecule has 1 atom stereocenters. The maximum absolute atomic E-state index is 11.9. The second-order valence-corrected chi connectivity index (χ2v) is 5.18. The summed E-state index contributed by atoms with van der Waals surface area (Å²) in [6.45, 7) is 1.65. The lowest BCUT2D eigenvalue weighted by molar-refractivity contribution is -0.139. The van der Waals surface area contributed by atoms with E-state index in [1.54, 1.807) is 24.4 Å². The molecule has 2 aromatic rings. The van der Waals surface area contributed by atoms with Crippen molar-refractivity contribution in [3.05, 3.63) is 33.0 Å². The van der Waals surface area contributed by atoms with Crippen LogP contribution in [0.25, 0.3) is 0 Å². The van der Waals surface area contributed by atoms with E-state index < -0.39 is 17.9 Å². The van der Waals surface area contributed by atoms with Crippen LogP contribution in [0, 0.1) is 6.92 Å². The molecule has 0 saturated carbocycles. The zero-order chi connectivity index (χ0) is 13.1. The average molecular weight is 283 g/mol. The first-order valence-electron chi connectivity index (χ1n) is 4.95. The number of carboxylic acids is 1. The van der Waals surface area contributed by atoms with E-state index in [1.807, 2.05) is 0 Å². The van der Waals surface area contributed by atoms with Crippen LogP contribution in [0.4, 0.5) is 0 Å². The Morgan fingerprint density at radius 1 is 1.50 bits per heavy atom. The number of aromatic nitrogens is 2. The van der Waals surface area contributed by atoms with E-state index in [-0.39, 0.29) is 0 Å². The van der Waals surface area contributed by atoms with Gasteiger partial charge in [-0.2, -0.15) is 0 Å². The van der Waals surface area contributed by atoms with Gasteiger partial charge in [-0.15, -0.1) is 16.4 Å². The van der Waals surface area contributed by atoms with E-state index >= 15 is 0 Å². The molecule has 18 heavy (non-hydrogen) atoms. The lowest BCUT2D eigenvalue weighted by Crippen LogP contribution is -2.33. The fourth-order valence-electron chi connectivity index (χ4n) is 1.35. The van der Waals surface area contributed by atoms with Crippen molar-refractivity contribution in [1.82, 2.24) is 14.9 Å². The molecule has 0 aliphatic rings. The Morgan fingerprint density at radius 2 is 2.28 bits per heavy atom. The highest BCUT2D eigenvalue weighted by atomic mass is 32.1. The molecule has 0 spiro atoms. The summed E-state index contributed by atoms with van der Waals surface area (Å²) in [5.41, 5.74) is 0.493. The monoisotopic (exact) mass is 283 g/mol. The third-order valence-electron chi connectivity index (χ3n) is 2.21. The van der Waals surface area contributed by atoms with Crippen LogP contribution in [0.1, 0.15) is 26.3 Å². The molecule has 2 N–H and O–H groups in total. The Bertz CT molecular complexity index is 565. The number of hydrogen-bond acceptors (Lipinski definition) is 6. The number of amides is 1. The van der Waals surface area contributed by atoms with Gasteiger partial charge >= 0.3 is 5.97 Å². The van der Waals surface area contributed by atoms with E-state index in [0.717, 1.165) is 11.5 Å². The Kier molecular flexibility index (Phi) is 3.68. The summed E-state index contributed by atoms with van der Waals surface area (Å²) in [7, 11) is 0. The van der Waals surface area contributed by atoms with Gasteiger partial charge in [-0.05, 0) is 29.9 Å². The first-order valence-corrected chi connectivity index (χ1v) is 6.61. The third kappa shape index (κ3) is 2.54. The minimum absolute atomic E-state index is 0.331. The quantitative estimate of drug-likeness (QED) is 0.886. The van der Waals surface area contributed by atoms with E-state index in [2.05, 4.69) is 14.9 Å². The zero-order valence-electron chi connectivity index (χ0n) is 9.28. The normalized spacial score (nSPS) is 12.1. The van der Waals surface area contributed by atoms with Gasteiger partial charge in [0.1, 0.15) is 4.88 Å². The predicted octanol–water partition coefficient (Wildman–Crippen LogP) is 1.46. The molecule has 0 aliphatic carbocycles. The first-order chi connectivity index (χ1) is 8.59. The Morgan fingerprint density at radius 3 is 2.78 bits per heavy atom. The summed E-state index contributed by atoms with van der Waals surface area (Å²) in [5.74, 6) is -1.57. The van der Waals surface area contributed by atoms with Crippen LogP contribution in [0.2, 0.25) is 0 Å². The molecule has 2 heterocycles. The molecular formula is C10H9N3O3S2. The van der Waals surface area contributed by atoms with Crippen LogP contribution < -0.4 is 5.32 Å². The second-order valence-electron chi connectivity index (χ2n) is 3.45. The molecule has 0 bridgehead atoms. The maximum Gasteiger partial charge on any atom is 0.331 e. The molecule has 2 rings (SSSR count). The largest absolute Gasteiger partial charge is 0.479 e. The minimum Gasteiger partial charge on any atom is -0.479 e. The molecular weight excluding hydrogens is 274 g/mol. The highest BCUT2D eigenvalue weighted by Gasteiger charge is 2.25. The minimum atomic E-state index is -1.10. The van der Waals surface area contributed by atoms with Crippen LogP contribution in [0.5, 0.6) is 0 Å². The van der Waals surface area contributed by atoms with Crippen molar-refractivity contribution in [2.75, 3.05) is 0 Å².